The summed E-state index contributed by atoms with van der Waals surface area (Å²) in [4.78, 5) is 4.35. The first kappa shape index (κ1) is 13.1. The van der Waals surface area contributed by atoms with Crippen molar-refractivity contribution in [2.45, 2.75) is 51.9 Å². The third kappa shape index (κ3) is 2.75. The first-order valence-electron chi connectivity index (χ1n) is 7.06. The van der Waals surface area contributed by atoms with Gasteiger partial charge in [0.15, 0.2) is 0 Å². The number of rotatable bonds is 4. The van der Waals surface area contributed by atoms with E-state index < -0.39 is 0 Å². The SMILES string of the molecule is CCC1CCC(C#N)(CCc2nccn2C)CC1. The van der Waals surface area contributed by atoms with Crippen molar-refractivity contribution < 1.29 is 0 Å². The number of aromatic nitrogens is 2. The molecule has 3 nitrogen and oxygen atoms in total. The van der Waals surface area contributed by atoms with E-state index >= 15 is 0 Å². The van der Waals surface area contributed by atoms with Crippen molar-refractivity contribution in [1.29, 1.82) is 5.26 Å². The number of imidazole rings is 1. The predicted molar refractivity (Wildman–Crippen MR) is 71.8 cm³/mol. The van der Waals surface area contributed by atoms with Gasteiger partial charge in [-0.3, -0.25) is 0 Å². The molecule has 1 aliphatic carbocycles. The fourth-order valence-corrected chi connectivity index (χ4v) is 3.04. The van der Waals surface area contributed by atoms with Gasteiger partial charge in [0.25, 0.3) is 0 Å². The highest BCUT2D eigenvalue weighted by atomic mass is 15.0. The van der Waals surface area contributed by atoms with Crippen LogP contribution in [0.2, 0.25) is 0 Å². The maximum absolute atomic E-state index is 9.52. The normalized spacial score (nSPS) is 27.9. The molecule has 0 unspecified atom stereocenters. The first-order valence-corrected chi connectivity index (χ1v) is 7.06. The topological polar surface area (TPSA) is 41.6 Å². The molecule has 0 spiro atoms. The average molecular weight is 245 g/mol. The van der Waals surface area contributed by atoms with Crippen LogP contribution >= 0.6 is 0 Å². The summed E-state index contributed by atoms with van der Waals surface area (Å²) in [5.41, 5.74) is -0.0857. The van der Waals surface area contributed by atoms with Gasteiger partial charge in [-0.25, -0.2) is 4.98 Å². The fourth-order valence-electron chi connectivity index (χ4n) is 3.04. The van der Waals surface area contributed by atoms with Crippen molar-refractivity contribution >= 4 is 0 Å². The smallest absolute Gasteiger partial charge is 0.108 e. The van der Waals surface area contributed by atoms with E-state index in [0.717, 1.165) is 37.4 Å². The second kappa shape index (κ2) is 5.56. The number of hydrogen-bond donors (Lipinski definition) is 0. The van der Waals surface area contributed by atoms with Crippen molar-refractivity contribution in [2.24, 2.45) is 18.4 Å². The highest BCUT2D eigenvalue weighted by molar-refractivity contribution is 5.04. The molecule has 1 saturated carbocycles. The quantitative estimate of drug-likeness (QED) is 0.815. The molecule has 0 saturated heterocycles. The first-order chi connectivity index (χ1) is 8.69. The van der Waals surface area contributed by atoms with Gasteiger partial charge in [-0.2, -0.15) is 5.26 Å². The van der Waals surface area contributed by atoms with Crippen LogP contribution in [0.1, 0.15) is 51.3 Å². The molecule has 1 heterocycles. The molecule has 0 bridgehead atoms. The second-order valence-corrected chi connectivity index (χ2v) is 5.70. The lowest BCUT2D eigenvalue weighted by atomic mass is 9.68. The third-order valence-corrected chi connectivity index (χ3v) is 4.62. The van der Waals surface area contributed by atoms with E-state index in [9.17, 15) is 5.26 Å². The van der Waals surface area contributed by atoms with Crippen LogP contribution in [-0.2, 0) is 13.5 Å². The van der Waals surface area contributed by atoms with E-state index in [4.69, 9.17) is 0 Å². The van der Waals surface area contributed by atoms with E-state index in [1.807, 2.05) is 19.4 Å². The van der Waals surface area contributed by atoms with Gasteiger partial charge in [0.05, 0.1) is 11.5 Å². The molecule has 0 N–H and O–H groups in total. The summed E-state index contributed by atoms with van der Waals surface area (Å²) in [6, 6.07) is 2.61. The maximum atomic E-state index is 9.52. The van der Waals surface area contributed by atoms with E-state index in [1.54, 1.807) is 0 Å². The minimum absolute atomic E-state index is 0.0857. The average Bonchev–Trinajstić information content (AvgIpc) is 2.83. The molecule has 0 aromatic carbocycles. The van der Waals surface area contributed by atoms with Crippen LogP contribution in [0.15, 0.2) is 12.4 Å². The molecular formula is C15H23N3. The molecule has 0 aliphatic heterocycles. The van der Waals surface area contributed by atoms with Gasteiger partial charge < -0.3 is 4.57 Å². The molecule has 1 aromatic rings. The summed E-state index contributed by atoms with van der Waals surface area (Å²) in [5, 5.41) is 9.52. The summed E-state index contributed by atoms with van der Waals surface area (Å²) in [7, 11) is 2.02. The van der Waals surface area contributed by atoms with Gasteiger partial charge in [0.1, 0.15) is 5.82 Å². The minimum Gasteiger partial charge on any atom is -0.338 e. The lowest BCUT2D eigenvalue weighted by Crippen LogP contribution is -2.27. The van der Waals surface area contributed by atoms with Crippen molar-refractivity contribution in [3.8, 4) is 6.07 Å². The Hall–Kier alpha value is -1.30. The third-order valence-electron chi connectivity index (χ3n) is 4.62. The van der Waals surface area contributed by atoms with E-state index in [0.29, 0.717) is 0 Å². The predicted octanol–water partition coefficient (Wildman–Crippen LogP) is 3.46. The van der Waals surface area contributed by atoms with Crippen molar-refractivity contribution in [3.63, 3.8) is 0 Å². The Labute approximate surface area is 110 Å². The van der Waals surface area contributed by atoms with Gasteiger partial charge in [0, 0.05) is 25.9 Å². The van der Waals surface area contributed by atoms with Crippen LogP contribution < -0.4 is 0 Å². The number of hydrogen-bond acceptors (Lipinski definition) is 2. The van der Waals surface area contributed by atoms with E-state index in [1.165, 1.54) is 19.3 Å². The van der Waals surface area contributed by atoms with Gasteiger partial charge in [-0.15, -0.1) is 0 Å². The highest BCUT2D eigenvalue weighted by Gasteiger charge is 2.34. The molecule has 1 aromatic heterocycles. The van der Waals surface area contributed by atoms with E-state index in [-0.39, 0.29) is 5.41 Å². The van der Waals surface area contributed by atoms with Crippen LogP contribution in [0.3, 0.4) is 0 Å². The Morgan fingerprint density at radius 1 is 1.50 bits per heavy atom. The van der Waals surface area contributed by atoms with Crippen LogP contribution in [0.25, 0.3) is 0 Å². The van der Waals surface area contributed by atoms with Crippen LogP contribution in [0, 0.1) is 22.7 Å². The lowest BCUT2D eigenvalue weighted by molar-refractivity contribution is 0.193. The monoisotopic (exact) mass is 245 g/mol. The molecule has 0 radical (unpaired) electrons. The Morgan fingerprint density at radius 3 is 2.72 bits per heavy atom. The van der Waals surface area contributed by atoms with Crippen LogP contribution in [0.5, 0.6) is 0 Å². The maximum Gasteiger partial charge on any atom is 0.108 e. The largest absolute Gasteiger partial charge is 0.338 e. The Bertz CT molecular complexity index is 419. The summed E-state index contributed by atoms with van der Waals surface area (Å²) < 4.78 is 2.06. The van der Waals surface area contributed by atoms with Gasteiger partial charge in [0.2, 0.25) is 0 Å². The van der Waals surface area contributed by atoms with E-state index in [2.05, 4.69) is 22.5 Å². The zero-order valence-corrected chi connectivity index (χ0v) is 11.5. The highest BCUT2D eigenvalue weighted by Crippen LogP contribution is 2.42. The molecule has 0 atom stereocenters. The Kier molecular flexibility index (Phi) is 4.06. The molecule has 1 fully saturated rings. The van der Waals surface area contributed by atoms with Gasteiger partial charge >= 0.3 is 0 Å². The van der Waals surface area contributed by atoms with Crippen molar-refractivity contribution in [1.82, 2.24) is 9.55 Å². The van der Waals surface area contributed by atoms with Crippen LogP contribution in [-0.4, -0.2) is 9.55 Å². The number of nitriles is 1. The van der Waals surface area contributed by atoms with Gasteiger partial charge in [-0.1, -0.05) is 13.3 Å². The molecule has 18 heavy (non-hydrogen) atoms. The zero-order valence-electron chi connectivity index (χ0n) is 11.5. The lowest BCUT2D eigenvalue weighted by Gasteiger charge is -2.34. The number of nitrogens with zero attached hydrogens (tertiary/aromatic N) is 3. The zero-order chi connectivity index (χ0) is 13.0. The summed E-state index contributed by atoms with van der Waals surface area (Å²) in [5.74, 6) is 1.95. The van der Waals surface area contributed by atoms with Gasteiger partial charge in [-0.05, 0) is 38.0 Å². The summed E-state index contributed by atoms with van der Waals surface area (Å²) >= 11 is 0. The molecule has 3 heteroatoms. The Balaban J connectivity index is 1.94. The fraction of sp³-hybridized carbons (Fsp3) is 0.733. The second-order valence-electron chi connectivity index (χ2n) is 5.70. The standard InChI is InChI=1S/C15H23N3/c1-3-13-4-7-15(12-16,8-5-13)9-6-14-17-10-11-18(14)2/h10-11,13H,3-9H2,1-2H3. The molecule has 0 amide bonds. The molecular weight excluding hydrogens is 222 g/mol. The summed E-state index contributed by atoms with van der Waals surface area (Å²) in [6.07, 6.45) is 11.6. The summed E-state index contributed by atoms with van der Waals surface area (Å²) in [6.45, 7) is 2.26. The minimum atomic E-state index is -0.0857. The molecule has 2 rings (SSSR count). The van der Waals surface area contributed by atoms with Crippen molar-refractivity contribution in [2.75, 3.05) is 0 Å². The number of aryl methyl sites for hydroxylation is 2. The van der Waals surface area contributed by atoms with Crippen LogP contribution in [0.4, 0.5) is 0 Å². The molecule has 1 aliphatic rings. The molecule has 98 valence electrons. The van der Waals surface area contributed by atoms with Crippen molar-refractivity contribution in [3.05, 3.63) is 18.2 Å². The Morgan fingerprint density at radius 2 is 2.22 bits per heavy atom.